The normalized spacial score (nSPS) is 12.1. The maximum Gasteiger partial charge on any atom is 0.320 e. The van der Waals surface area contributed by atoms with E-state index in [-0.39, 0.29) is 12.1 Å². The van der Waals surface area contributed by atoms with Crippen molar-refractivity contribution in [1.29, 1.82) is 0 Å². The van der Waals surface area contributed by atoms with Crippen molar-refractivity contribution in [2.45, 2.75) is 19.9 Å². The number of fused-ring (bicyclic) bond motifs is 1. The zero-order chi connectivity index (χ0) is 17.3. The average molecular weight is 345 g/mol. The van der Waals surface area contributed by atoms with Gasteiger partial charge in [0, 0.05) is 17.3 Å². The number of nitrogen functional groups attached to an aromatic ring is 1. The van der Waals surface area contributed by atoms with Gasteiger partial charge < -0.3 is 11.1 Å². The van der Waals surface area contributed by atoms with Gasteiger partial charge in [0.2, 0.25) is 0 Å². The van der Waals surface area contributed by atoms with E-state index in [0.717, 1.165) is 11.1 Å². The summed E-state index contributed by atoms with van der Waals surface area (Å²) in [6, 6.07) is 6.81. The van der Waals surface area contributed by atoms with Crippen LogP contribution in [0.2, 0.25) is 5.02 Å². The highest BCUT2D eigenvalue weighted by Gasteiger charge is 2.12. The minimum atomic E-state index is -0.352. The molecule has 5 N–H and O–H groups in total. The van der Waals surface area contributed by atoms with Gasteiger partial charge >= 0.3 is 6.03 Å². The summed E-state index contributed by atoms with van der Waals surface area (Å²) in [7, 11) is 0. The minimum Gasteiger partial charge on any atom is -0.382 e. The van der Waals surface area contributed by atoms with Crippen molar-refractivity contribution >= 4 is 40.2 Å². The van der Waals surface area contributed by atoms with E-state index in [1.54, 1.807) is 12.3 Å². The molecule has 0 aliphatic rings. The Labute approximate surface area is 143 Å². The third-order valence-corrected chi connectivity index (χ3v) is 4.17. The first-order chi connectivity index (χ1) is 11.4. The maximum atomic E-state index is 12.2. The van der Waals surface area contributed by atoms with Crippen LogP contribution >= 0.6 is 11.6 Å². The van der Waals surface area contributed by atoms with Crippen LogP contribution in [0.3, 0.4) is 0 Å². The fourth-order valence-corrected chi connectivity index (χ4v) is 2.49. The number of nitrogens with zero attached hydrogens (tertiary/aromatic N) is 2. The Balaban J connectivity index is 1.68. The molecule has 0 bridgehead atoms. The van der Waals surface area contributed by atoms with Crippen molar-refractivity contribution < 1.29 is 4.79 Å². The average Bonchev–Trinajstić information content (AvgIpc) is 2.90. The number of benzene rings is 1. The summed E-state index contributed by atoms with van der Waals surface area (Å²) in [5.74, 6) is 0.781. The lowest BCUT2D eigenvalue weighted by Crippen LogP contribution is -2.31. The first-order valence-corrected chi connectivity index (χ1v) is 7.75. The van der Waals surface area contributed by atoms with E-state index in [4.69, 9.17) is 17.3 Å². The number of nitrogens with two attached hydrogens (primary N) is 1. The molecule has 1 aromatic carbocycles. The van der Waals surface area contributed by atoms with Crippen molar-refractivity contribution in [3.8, 4) is 0 Å². The number of hydrogen-bond acceptors (Lipinski definition) is 4. The van der Waals surface area contributed by atoms with Gasteiger partial charge in [-0.15, -0.1) is 0 Å². The zero-order valence-electron chi connectivity index (χ0n) is 13.2. The second-order valence-electron chi connectivity index (χ2n) is 5.55. The lowest BCUT2D eigenvalue weighted by atomic mass is 10.1. The van der Waals surface area contributed by atoms with Gasteiger partial charge in [-0.25, -0.2) is 9.78 Å². The highest BCUT2D eigenvalue weighted by atomic mass is 35.5. The summed E-state index contributed by atoms with van der Waals surface area (Å²) in [5, 5.41) is 13.6. The number of aryl methyl sites for hydroxylation is 1. The van der Waals surface area contributed by atoms with E-state index < -0.39 is 0 Å². The lowest BCUT2D eigenvalue weighted by molar-refractivity contribution is 0.249. The molecule has 3 rings (SSSR count). The highest BCUT2D eigenvalue weighted by Crippen LogP contribution is 2.21. The van der Waals surface area contributed by atoms with E-state index in [9.17, 15) is 4.79 Å². The first-order valence-electron chi connectivity index (χ1n) is 7.37. The molecule has 1 unspecified atom stereocenters. The summed E-state index contributed by atoms with van der Waals surface area (Å²) in [5.41, 5.74) is 8.33. The van der Waals surface area contributed by atoms with Gasteiger partial charge in [-0.1, -0.05) is 23.7 Å². The Morgan fingerprint density at radius 2 is 2.17 bits per heavy atom. The second kappa shape index (κ2) is 6.37. The SMILES string of the molecule is Cc1cc(C(C)NC(=O)Nc2cc3[nH]nc(N)c3cn2)ccc1Cl. The number of amides is 2. The Kier molecular flexibility index (Phi) is 4.26. The number of nitrogens with one attached hydrogen (secondary N) is 3. The molecular formula is C16H17ClN6O. The number of rotatable bonds is 3. The van der Waals surface area contributed by atoms with Crippen LogP contribution in [-0.4, -0.2) is 21.2 Å². The van der Waals surface area contributed by atoms with Gasteiger partial charge in [0.25, 0.3) is 0 Å². The fraction of sp³-hybridized carbons (Fsp3) is 0.188. The van der Waals surface area contributed by atoms with Crippen molar-refractivity contribution in [3.05, 3.63) is 46.6 Å². The highest BCUT2D eigenvalue weighted by molar-refractivity contribution is 6.31. The van der Waals surface area contributed by atoms with Crippen LogP contribution in [0, 0.1) is 6.92 Å². The van der Waals surface area contributed by atoms with Crippen LogP contribution in [0.5, 0.6) is 0 Å². The van der Waals surface area contributed by atoms with Crippen molar-refractivity contribution in [3.63, 3.8) is 0 Å². The van der Waals surface area contributed by atoms with Crippen LogP contribution in [0.15, 0.2) is 30.5 Å². The Morgan fingerprint density at radius 1 is 1.38 bits per heavy atom. The zero-order valence-corrected chi connectivity index (χ0v) is 14.0. The lowest BCUT2D eigenvalue weighted by Gasteiger charge is -2.15. The molecule has 0 fully saturated rings. The summed E-state index contributed by atoms with van der Waals surface area (Å²) in [6.07, 6.45) is 1.57. The Hall–Kier alpha value is -2.80. The van der Waals surface area contributed by atoms with E-state index in [1.165, 1.54) is 0 Å². The topological polar surface area (TPSA) is 109 Å². The molecule has 7 nitrogen and oxygen atoms in total. The molecular weight excluding hydrogens is 328 g/mol. The molecule has 1 atom stereocenters. The number of aromatic nitrogens is 3. The van der Waals surface area contributed by atoms with Crippen LogP contribution in [-0.2, 0) is 0 Å². The number of pyridine rings is 1. The molecule has 0 aliphatic carbocycles. The molecule has 124 valence electrons. The molecule has 3 aromatic rings. The van der Waals surface area contributed by atoms with Crippen molar-refractivity contribution in [1.82, 2.24) is 20.5 Å². The number of halogens is 1. The molecule has 0 aliphatic heterocycles. The van der Waals surface area contributed by atoms with Crippen LogP contribution in [0.4, 0.5) is 16.4 Å². The first kappa shape index (κ1) is 16.1. The van der Waals surface area contributed by atoms with Gasteiger partial charge in [0.1, 0.15) is 5.82 Å². The Morgan fingerprint density at radius 3 is 2.92 bits per heavy atom. The number of carbonyl (C=O) groups is 1. The number of hydrogen-bond donors (Lipinski definition) is 4. The molecule has 2 aromatic heterocycles. The molecule has 2 heterocycles. The second-order valence-corrected chi connectivity index (χ2v) is 5.96. The Bertz CT molecular complexity index is 907. The number of carbonyl (C=O) groups excluding carboxylic acids is 1. The monoisotopic (exact) mass is 344 g/mol. The van der Waals surface area contributed by atoms with E-state index in [2.05, 4.69) is 25.8 Å². The predicted molar refractivity (Wildman–Crippen MR) is 95.1 cm³/mol. The van der Waals surface area contributed by atoms with Crippen molar-refractivity contribution in [2.24, 2.45) is 0 Å². The van der Waals surface area contributed by atoms with E-state index in [0.29, 0.717) is 27.6 Å². The maximum absolute atomic E-state index is 12.2. The molecule has 0 spiro atoms. The number of H-pyrrole nitrogens is 1. The van der Waals surface area contributed by atoms with Crippen LogP contribution in [0.1, 0.15) is 24.1 Å². The van der Waals surface area contributed by atoms with Crippen LogP contribution in [0.25, 0.3) is 10.9 Å². The van der Waals surface area contributed by atoms with Gasteiger partial charge in [-0.2, -0.15) is 5.10 Å². The summed E-state index contributed by atoms with van der Waals surface area (Å²) < 4.78 is 0. The molecule has 24 heavy (non-hydrogen) atoms. The number of urea groups is 1. The molecule has 0 saturated heterocycles. The smallest absolute Gasteiger partial charge is 0.320 e. The van der Waals surface area contributed by atoms with Gasteiger partial charge in [-0.3, -0.25) is 10.4 Å². The number of anilines is 2. The largest absolute Gasteiger partial charge is 0.382 e. The summed E-state index contributed by atoms with van der Waals surface area (Å²) >= 11 is 6.02. The minimum absolute atomic E-state index is 0.174. The van der Waals surface area contributed by atoms with Gasteiger partial charge in [-0.05, 0) is 31.0 Å². The standard InChI is InChI=1S/C16H17ClN6O/c1-8-5-10(3-4-12(8)17)9(2)20-16(24)21-14-6-13-11(7-19-14)15(18)23-22-13/h3-7,9H,1-2H3,(H3,18,22,23)(H2,19,20,21,24). The summed E-state index contributed by atoms with van der Waals surface area (Å²) in [4.78, 5) is 16.3. The number of aromatic amines is 1. The third-order valence-electron chi connectivity index (χ3n) is 3.75. The van der Waals surface area contributed by atoms with Gasteiger partial charge in [0.15, 0.2) is 5.82 Å². The molecule has 2 amide bonds. The van der Waals surface area contributed by atoms with Crippen LogP contribution < -0.4 is 16.4 Å². The molecule has 0 saturated carbocycles. The van der Waals surface area contributed by atoms with Crippen molar-refractivity contribution in [2.75, 3.05) is 11.1 Å². The van der Waals surface area contributed by atoms with Gasteiger partial charge in [0.05, 0.1) is 16.9 Å². The molecule has 8 heteroatoms. The third kappa shape index (κ3) is 3.26. The fourth-order valence-electron chi connectivity index (χ4n) is 2.37. The van der Waals surface area contributed by atoms with E-state index >= 15 is 0 Å². The summed E-state index contributed by atoms with van der Waals surface area (Å²) in [6.45, 7) is 3.82. The predicted octanol–water partition coefficient (Wildman–Crippen LogP) is 3.38. The molecule has 0 radical (unpaired) electrons. The quantitative estimate of drug-likeness (QED) is 0.584. The van der Waals surface area contributed by atoms with E-state index in [1.807, 2.05) is 32.0 Å².